The number of aryl methyl sites for hydroxylation is 1. The van der Waals surface area contributed by atoms with Crippen LogP contribution < -0.4 is 0 Å². The maximum absolute atomic E-state index is 6.36. The number of benzene rings is 1. The molecule has 2 nitrogen and oxygen atoms in total. The quantitative estimate of drug-likeness (QED) is 0.697. The summed E-state index contributed by atoms with van der Waals surface area (Å²) >= 11 is 6.36. The minimum absolute atomic E-state index is 0.0789. The van der Waals surface area contributed by atoms with Gasteiger partial charge in [0.15, 0.2) is 0 Å². The Morgan fingerprint density at radius 1 is 1.25 bits per heavy atom. The second-order valence-electron chi connectivity index (χ2n) is 6.76. The lowest BCUT2D eigenvalue weighted by molar-refractivity contribution is 0.210. The number of aromatic nitrogens is 2. The smallest absolute Gasteiger partial charge is 0.127 e. The number of rotatable bonds is 4. The van der Waals surface area contributed by atoms with Gasteiger partial charge in [-0.1, -0.05) is 39.8 Å². The molecule has 2 aromatic rings. The molecule has 0 bridgehead atoms. The molecule has 1 aromatic heterocycles. The molecular weight excluding hydrogens is 268 g/mol. The van der Waals surface area contributed by atoms with Crippen LogP contribution in [0.3, 0.4) is 0 Å². The Labute approximate surface area is 127 Å². The summed E-state index contributed by atoms with van der Waals surface area (Å²) in [6, 6.07) is 6.35. The van der Waals surface area contributed by atoms with Gasteiger partial charge in [-0.15, -0.1) is 11.6 Å². The molecule has 1 aromatic carbocycles. The van der Waals surface area contributed by atoms with Gasteiger partial charge in [-0.2, -0.15) is 0 Å². The summed E-state index contributed by atoms with van der Waals surface area (Å²) in [6.07, 6.45) is 0. The monoisotopic (exact) mass is 292 g/mol. The van der Waals surface area contributed by atoms with Crippen LogP contribution >= 0.6 is 11.6 Å². The highest BCUT2D eigenvalue weighted by atomic mass is 35.5. The normalized spacial score (nSPS) is 14.2. The van der Waals surface area contributed by atoms with E-state index in [2.05, 4.69) is 57.4 Å². The van der Waals surface area contributed by atoms with Crippen LogP contribution in [0.4, 0.5) is 0 Å². The predicted molar refractivity (Wildman–Crippen MR) is 87.4 cm³/mol. The van der Waals surface area contributed by atoms with Crippen LogP contribution in [-0.4, -0.2) is 9.55 Å². The van der Waals surface area contributed by atoms with Crippen molar-refractivity contribution < 1.29 is 0 Å². The molecular formula is C17H25ClN2. The van der Waals surface area contributed by atoms with Crippen molar-refractivity contribution in [1.29, 1.82) is 0 Å². The predicted octanol–water partition coefficient (Wildman–Crippen LogP) is 5.33. The van der Waals surface area contributed by atoms with Crippen molar-refractivity contribution in [2.45, 2.75) is 53.5 Å². The van der Waals surface area contributed by atoms with E-state index in [4.69, 9.17) is 16.6 Å². The molecule has 110 valence electrons. The van der Waals surface area contributed by atoms with Gasteiger partial charge in [-0.05, 0) is 36.8 Å². The van der Waals surface area contributed by atoms with Gasteiger partial charge in [-0.3, -0.25) is 0 Å². The van der Waals surface area contributed by atoms with E-state index in [0.717, 1.165) is 17.9 Å². The van der Waals surface area contributed by atoms with E-state index in [0.29, 0.717) is 5.92 Å². The maximum Gasteiger partial charge on any atom is 0.127 e. The summed E-state index contributed by atoms with van der Waals surface area (Å²) < 4.78 is 2.31. The first-order chi connectivity index (χ1) is 9.24. The summed E-state index contributed by atoms with van der Waals surface area (Å²) in [5.41, 5.74) is 3.69. The van der Waals surface area contributed by atoms with Gasteiger partial charge in [0.25, 0.3) is 0 Å². The lowest BCUT2D eigenvalue weighted by Crippen LogP contribution is -2.26. The van der Waals surface area contributed by atoms with E-state index in [9.17, 15) is 0 Å². The number of hydrogen-bond acceptors (Lipinski definition) is 1. The number of para-hydroxylation sites is 1. The zero-order valence-electron chi connectivity index (χ0n) is 13.4. The number of nitrogens with zero attached hydrogens (tertiary/aromatic N) is 2. The fourth-order valence-corrected chi connectivity index (χ4v) is 2.53. The topological polar surface area (TPSA) is 17.8 Å². The highest BCUT2D eigenvalue weighted by molar-refractivity contribution is 6.20. The number of imidazole rings is 1. The van der Waals surface area contributed by atoms with Gasteiger partial charge >= 0.3 is 0 Å². The molecule has 0 amide bonds. The zero-order chi connectivity index (χ0) is 15.1. The van der Waals surface area contributed by atoms with E-state index >= 15 is 0 Å². The molecule has 0 spiro atoms. The van der Waals surface area contributed by atoms with Crippen molar-refractivity contribution in [1.82, 2.24) is 9.55 Å². The Bertz CT molecular complexity index is 609. The first kappa shape index (κ1) is 15.4. The Morgan fingerprint density at radius 3 is 2.45 bits per heavy atom. The molecule has 0 N–H and O–H groups in total. The average Bonchev–Trinajstić information content (AvgIpc) is 2.69. The lowest BCUT2D eigenvalue weighted by Gasteiger charge is -2.31. The Hall–Kier alpha value is -1.02. The molecule has 1 atom stereocenters. The Morgan fingerprint density at radius 2 is 1.90 bits per heavy atom. The standard InChI is InChI=1S/C17H25ClN2/c1-11(2)17(5,6)10-20-14-9-7-8-12(3)15(14)19-16(20)13(4)18/h7-9,11,13H,10H2,1-6H3. The molecule has 0 aliphatic rings. The average molecular weight is 293 g/mol. The molecule has 1 unspecified atom stereocenters. The summed E-state index contributed by atoms with van der Waals surface area (Å²) in [4.78, 5) is 4.79. The highest BCUT2D eigenvalue weighted by Crippen LogP contribution is 2.33. The molecule has 0 aliphatic heterocycles. The van der Waals surface area contributed by atoms with Gasteiger partial charge in [0, 0.05) is 6.54 Å². The third-order valence-electron chi connectivity index (χ3n) is 4.49. The van der Waals surface area contributed by atoms with Crippen molar-refractivity contribution in [3.05, 3.63) is 29.6 Å². The Balaban J connectivity index is 2.61. The van der Waals surface area contributed by atoms with E-state index < -0.39 is 0 Å². The van der Waals surface area contributed by atoms with Crippen molar-refractivity contribution in [2.24, 2.45) is 11.3 Å². The second kappa shape index (κ2) is 5.40. The molecule has 0 saturated carbocycles. The number of alkyl halides is 1. The largest absolute Gasteiger partial charge is 0.326 e. The zero-order valence-corrected chi connectivity index (χ0v) is 14.1. The maximum atomic E-state index is 6.36. The van der Waals surface area contributed by atoms with Gasteiger partial charge in [0.2, 0.25) is 0 Å². The molecule has 2 rings (SSSR count). The molecule has 0 aliphatic carbocycles. The molecule has 0 fully saturated rings. The summed E-state index contributed by atoms with van der Waals surface area (Å²) in [5.74, 6) is 1.58. The third-order valence-corrected chi connectivity index (χ3v) is 4.69. The first-order valence-corrected chi connectivity index (χ1v) is 7.77. The Kier molecular flexibility index (Phi) is 4.15. The van der Waals surface area contributed by atoms with E-state index in [1.807, 2.05) is 6.92 Å². The van der Waals surface area contributed by atoms with Crippen LogP contribution in [0, 0.1) is 18.3 Å². The van der Waals surface area contributed by atoms with Crippen LogP contribution in [-0.2, 0) is 6.54 Å². The van der Waals surface area contributed by atoms with Crippen LogP contribution in [0.1, 0.15) is 51.4 Å². The number of hydrogen-bond donors (Lipinski definition) is 0. The number of fused-ring (bicyclic) bond motifs is 1. The second-order valence-corrected chi connectivity index (χ2v) is 7.41. The summed E-state index contributed by atoms with van der Waals surface area (Å²) in [6.45, 7) is 14.2. The van der Waals surface area contributed by atoms with Gasteiger partial charge in [-0.25, -0.2) is 4.98 Å². The van der Waals surface area contributed by atoms with Gasteiger partial charge in [0.05, 0.1) is 16.4 Å². The van der Waals surface area contributed by atoms with Crippen LogP contribution in [0.2, 0.25) is 0 Å². The van der Waals surface area contributed by atoms with Crippen LogP contribution in [0.15, 0.2) is 18.2 Å². The molecule has 0 radical (unpaired) electrons. The third kappa shape index (κ3) is 2.71. The molecule has 20 heavy (non-hydrogen) atoms. The van der Waals surface area contributed by atoms with E-state index in [1.165, 1.54) is 11.1 Å². The molecule has 0 saturated heterocycles. The fraction of sp³-hybridized carbons (Fsp3) is 0.588. The summed E-state index contributed by atoms with van der Waals surface area (Å²) in [5, 5.41) is -0.0789. The lowest BCUT2D eigenvalue weighted by atomic mass is 9.81. The van der Waals surface area contributed by atoms with Crippen molar-refractivity contribution in [2.75, 3.05) is 0 Å². The SMILES string of the molecule is Cc1cccc2c1nc(C(C)Cl)n2CC(C)(C)C(C)C. The van der Waals surface area contributed by atoms with Gasteiger partial charge in [0.1, 0.15) is 5.82 Å². The van der Waals surface area contributed by atoms with Crippen molar-refractivity contribution in [3.63, 3.8) is 0 Å². The minimum Gasteiger partial charge on any atom is -0.326 e. The van der Waals surface area contributed by atoms with E-state index in [1.54, 1.807) is 0 Å². The van der Waals surface area contributed by atoms with Crippen LogP contribution in [0.25, 0.3) is 11.0 Å². The fourth-order valence-electron chi connectivity index (χ4n) is 2.36. The molecule has 3 heteroatoms. The molecule has 1 heterocycles. The van der Waals surface area contributed by atoms with Crippen LogP contribution in [0.5, 0.6) is 0 Å². The first-order valence-electron chi connectivity index (χ1n) is 7.34. The minimum atomic E-state index is -0.0789. The summed E-state index contributed by atoms with van der Waals surface area (Å²) in [7, 11) is 0. The van der Waals surface area contributed by atoms with E-state index in [-0.39, 0.29) is 10.8 Å². The number of halogens is 1. The van der Waals surface area contributed by atoms with Crippen molar-refractivity contribution in [3.8, 4) is 0 Å². The van der Waals surface area contributed by atoms with Gasteiger partial charge < -0.3 is 4.57 Å². The van der Waals surface area contributed by atoms with Crippen molar-refractivity contribution >= 4 is 22.6 Å². The highest BCUT2D eigenvalue weighted by Gasteiger charge is 2.26.